The molecule has 0 aromatic carbocycles. The van der Waals surface area contributed by atoms with Gasteiger partial charge in [-0.05, 0) is 31.0 Å². The van der Waals surface area contributed by atoms with Gasteiger partial charge in [-0.1, -0.05) is 40.0 Å². The third-order valence-electron chi connectivity index (χ3n) is 3.80. The Bertz CT molecular complexity index is 244. The fraction of sp³-hybridized carbons (Fsp3) is 0.929. The Kier molecular flexibility index (Phi) is 7.79. The zero-order valence-electron chi connectivity index (χ0n) is 12.7. The number of hydrogen-bond donors (Lipinski definition) is 1. The lowest BCUT2D eigenvalue weighted by molar-refractivity contribution is -0.137. The second kappa shape index (κ2) is 7.95. The van der Waals surface area contributed by atoms with Crippen LogP contribution >= 0.6 is 0 Å². The molecule has 0 aliphatic carbocycles. The molecule has 1 N–H and O–H groups in total. The van der Waals surface area contributed by atoms with Gasteiger partial charge in [0, 0.05) is 13.0 Å². The number of carboxylic acid groups (broad SMARTS) is 1. The van der Waals surface area contributed by atoms with Crippen LogP contribution in [0.15, 0.2) is 0 Å². The highest BCUT2D eigenvalue weighted by atomic mass is 28.4. The number of carbonyl (C=O) groups is 1. The van der Waals surface area contributed by atoms with Crippen LogP contribution in [-0.4, -0.2) is 26.0 Å². The van der Waals surface area contributed by atoms with Gasteiger partial charge in [-0.25, -0.2) is 0 Å². The Morgan fingerprint density at radius 3 is 2.06 bits per heavy atom. The predicted molar refractivity (Wildman–Crippen MR) is 78.5 cm³/mol. The average Bonchev–Trinajstić information content (AvgIpc) is 2.19. The third-order valence-corrected chi connectivity index (χ3v) is 8.34. The lowest BCUT2D eigenvalue weighted by atomic mass is 10.1. The molecule has 0 amide bonds. The normalized spacial score (nSPS) is 12.7. The Labute approximate surface area is 113 Å². The van der Waals surface area contributed by atoms with E-state index in [0.29, 0.717) is 6.42 Å². The molecule has 0 aliphatic heterocycles. The highest BCUT2D eigenvalue weighted by Crippen LogP contribution is 2.36. The van der Waals surface area contributed by atoms with E-state index in [1.807, 2.05) is 0 Å². The van der Waals surface area contributed by atoms with Gasteiger partial charge in [-0.15, -0.1) is 0 Å². The van der Waals surface area contributed by atoms with Crippen LogP contribution in [0.1, 0.15) is 59.3 Å². The number of rotatable bonds is 9. The van der Waals surface area contributed by atoms with Crippen LogP contribution in [-0.2, 0) is 9.22 Å². The minimum Gasteiger partial charge on any atom is -0.481 e. The minimum absolute atomic E-state index is 0.286. The molecule has 0 rings (SSSR count). The van der Waals surface area contributed by atoms with Crippen molar-refractivity contribution in [2.24, 2.45) is 0 Å². The van der Waals surface area contributed by atoms with E-state index < -0.39 is 14.3 Å². The third kappa shape index (κ3) is 7.87. The number of carboxylic acids is 1. The summed E-state index contributed by atoms with van der Waals surface area (Å²) in [5.74, 6) is -0.684. The van der Waals surface area contributed by atoms with Crippen LogP contribution in [0.5, 0.6) is 0 Å². The summed E-state index contributed by atoms with van der Waals surface area (Å²) < 4.78 is 6.08. The second-order valence-corrected chi connectivity index (χ2v) is 11.3. The number of unbranched alkanes of at least 4 members (excludes halogenated alkanes) is 4. The molecule has 4 heteroatoms. The molecule has 108 valence electrons. The first-order valence-corrected chi connectivity index (χ1v) is 9.93. The van der Waals surface area contributed by atoms with Gasteiger partial charge in [-0.2, -0.15) is 0 Å². The van der Waals surface area contributed by atoms with E-state index in [1.54, 1.807) is 0 Å². The standard InChI is InChI=1S/C14H30O3Si/c1-14(2,3)18(4,5)17-12-10-8-6-7-9-11-13(15)16/h6-12H2,1-5H3,(H,15,16). The predicted octanol–water partition coefficient (Wildman–Crippen LogP) is 4.43. The quantitative estimate of drug-likeness (QED) is 0.499. The van der Waals surface area contributed by atoms with Crippen LogP contribution < -0.4 is 0 Å². The molecule has 18 heavy (non-hydrogen) atoms. The first-order valence-electron chi connectivity index (χ1n) is 7.02. The summed E-state index contributed by atoms with van der Waals surface area (Å²) in [4.78, 5) is 10.3. The molecule has 0 atom stereocenters. The first-order chi connectivity index (χ1) is 8.17. The summed E-state index contributed by atoms with van der Waals surface area (Å²) in [6.07, 6.45) is 5.49. The van der Waals surface area contributed by atoms with Crippen LogP contribution in [0.2, 0.25) is 18.1 Å². The van der Waals surface area contributed by atoms with Gasteiger partial charge < -0.3 is 9.53 Å². The molecular formula is C14H30O3Si. The fourth-order valence-electron chi connectivity index (χ4n) is 1.45. The van der Waals surface area contributed by atoms with Crippen molar-refractivity contribution in [2.75, 3.05) is 6.61 Å². The van der Waals surface area contributed by atoms with Gasteiger partial charge in [0.15, 0.2) is 8.32 Å². The highest BCUT2D eigenvalue weighted by molar-refractivity contribution is 6.74. The van der Waals surface area contributed by atoms with Gasteiger partial charge in [0.1, 0.15) is 0 Å². The summed E-state index contributed by atoms with van der Waals surface area (Å²) in [6, 6.07) is 0. The molecule has 0 heterocycles. The van der Waals surface area contributed by atoms with E-state index in [-0.39, 0.29) is 5.04 Å². The van der Waals surface area contributed by atoms with Crippen molar-refractivity contribution in [3.8, 4) is 0 Å². The molecule has 0 aromatic rings. The van der Waals surface area contributed by atoms with Crippen molar-refractivity contribution >= 4 is 14.3 Å². The fourth-order valence-corrected chi connectivity index (χ4v) is 2.54. The molecule has 0 spiro atoms. The van der Waals surface area contributed by atoms with Crippen LogP contribution in [0.3, 0.4) is 0 Å². The molecule has 0 aromatic heterocycles. The van der Waals surface area contributed by atoms with Crippen molar-refractivity contribution in [3.63, 3.8) is 0 Å². The number of hydrogen-bond acceptors (Lipinski definition) is 2. The molecule has 0 unspecified atom stereocenters. The van der Waals surface area contributed by atoms with E-state index in [2.05, 4.69) is 33.9 Å². The molecule has 0 bridgehead atoms. The first kappa shape index (κ1) is 17.6. The molecule has 0 radical (unpaired) electrons. The Morgan fingerprint density at radius 1 is 1.06 bits per heavy atom. The monoisotopic (exact) mass is 274 g/mol. The summed E-state index contributed by atoms with van der Waals surface area (Å²) in [7, 11) is -1.57. The van der Waals surface area contributed by atoms with Gasteiger partial charge in [0.2, 0.25) is 0 Å². The lowest BCUT2D eigenvalue weighted by Gasteiger charge is -2.36. The summed E-state index contributed by atoms with van der Waals surface area (Å²) >= 11 is 0. The Balaban J connectivity index is 3.49. The Hall–Kier alpha value is -0.353. The van der Waals surface area contributed by atoms with Gasteiger partial charge in [0.05, 0.1) is 0 Å². The average molecular weight is 274 g/mol. The molecule has 0 fully saturated rings. The SMILES string of the molecule is CC(C)(C)[Si](C)(C)OCCCCCCCC(=O)O. The van der Waals surface area contributed by atoms with Gasteiger partial charge >= 0.3 is 5.97 Å². The van der Waals surface area contributed by atoms with E-state index in [4.69, 9.17) is 9.53 Å². The summed E-state index contributed by atoms with van der Waals surface area (Å²) in [5.41, 5.74) is 0. The van der Waals surface area contributed by atoms with Crippen molar-refractivity contribution in [3.05, 3.63) is 0 Å². The lowest BCUT2D eigenvalue weighted by Crippen LogP contribution is -2.40. The van der Waals surface area contributed by atoms with Crippen LogP contribution in [0, 0.1) is 0 Å². The van der Waals surface area contributed by atoms with Crippen molar-refractivity contribution < 1.29 is 14.3 Å². The zero-order valence-corrected chi connectivity index (χ0v) is 13.7. The maximum Gasteiger partial charge on any atom is 0.303 e. The molecule has 0 aliphatic rings. The van der Waals surface area contributed by atoms with E-state index >= 15 is 0 Å². The minimum atomic E-state index is -1.57. The molecule has 3 nitrogen and oxygen atoms in total. The topological polar surface area (TPSA) is 46.5 Å². The van der Waals surface area contributed by atoms with Gasteiger partial charge in [-0.3, -0.25) is 4.79 Å². The van der Waals surface area contributed by atoms with Crippen LogP contribution in [0.25, 0.3) is 0 Å². The summed E-state index contributed by atoms with van der Waals surface area (Å²) in [5, 5.41) is 8.79. The zero-order chi connectivity index (χ0) is 14.2. The maximum atomic E-state index is 10.3. The molecule has 0 saturated carbocycles. The second-order valence-electron chi connectivity index (χ2n) is 6.52. The van der Waals surface area contributed by atoms with E-state index in [9.17, 15) is 4.79 Å². The highest BCUT2D eigenvalue weighted by Gasteiger charge is 2.36. The smallest absolute Gasteiger partial charge is 0.303 e. The summed E-state index contributed by atoms with van der Waals surface area (Å²) in [6.45, 7) is 12.2. The molecular weight excluding hydrogens is 244 g/mol. The number of aliphatic carboxylic acids is 1. The van der Waals surface area contributed by atoms with Crippen molar-refractivity contribution in [1.82, 2.24) is 0 Å². The molecule has 0 saturated heterocycles. The van der Waals surface area contributed by atoms with E-state index in [1.165, 1.54) is 0 Å². The maximum absolute atomic E-state index is 10.3. The largest absolute Gasteiger partial charge is 0.481 e. The Morgan fingerprint density at radius 2 is 1.56 bits per heavy atom. The van der Waals surface area contributed by atoms with Crippen LogP contribution in [0.4, 0.5) is 0 Å². The van der Waals surface area contributed by atoms with Gasteiger partial charge in [0.25, 0.3) is 0 Å². The van der Waals surface area contributed by atoms with E-state index in [0.717, 1.165) is 38.7 Å². The van der Waals surface area contributed by atoms with Crippen molar-refractivity contribution in [1.29, 1.82) is 0 Å². The van der Waals surface area contributed by atoms with Crippen molar-refractivity contribution in [2.45, 2.75) is 77.4 Å².